The van der Waals surface area contributed by atoms with Crippen LogP contribution in [-0.2, 0) is 61.6 Å². The molecule has 3 aliphatic heterocycles. The van der Waals surface area contributed by atoms with Crippen molar-refractivity contribution in [2.75, 3.05) is 194 Å². The topological polar surface area (TPSA) is 239 Å². The highest BCUT2D eigenvalue weighted by Gasteiger charge is 2.59. The van der Waals surface area contributed by atoms with E-state index in [1.807, 2.05) is 0 Å². The van der Waals surface area contributed by atoms with Gasteiger partial charge < -0.3 is 61.6 Å². The van der Waals surface area contributed by atoms with E-state index in [1.165, 1.54) is 72.1 Å². The van der Waals surface area contributed by atoms with Crippen LogP contribution in [0.15, 0.2) is 0 Å². The van der Waals surface area contributed by atoms with Crippen molar-refractivity contribution in [3.63, 3.8) is 0 Å². The van der Waals surface area contributed by atoms with Gasteiger partial charge in [-0.1, -0.05) is 7.43 Å². The summed E-state index contributed by atoms with van der Waals surface area (Å²) in [6, 6.07) is -0.670. The van der Waals surface area contributed by atoms with Crippen LogP contribution in [0.3, 0.4) is 0 Å². The van der Waals surface area contributed by atoms with Crippen LogP contribution in [0, 0.1) is 0 Å². The number of hydrogen-bond acceptors (Lipinski definition) is 22. The lowest BCUT2D eigenvalue weighted by molar-refractivity contribution is -0.102. The summed E-state index contributed by atoms with van der Waals surface area (Å²) >= 11 is 0. The number of fused-ring (bicyclic) bond motifs is 1. The first-order valence-electron chi connectivity index (χ1n) is 18.7. The molecule has 0 aromatic carbocycles. The summed E-state index contributed by atoms with van der Waals surface area (Å²) in [5, 5.41) is 0. The van der Waals surface area contributed by atoms with Gasteiger partial charge in [0, 0.05) is 85.3 Å². The van der Waals surface area contributed by atoms with Gasteiger partial charge in [0.05, 0.1) is 0 Å². The Morgan fingerprint density at radius 1 is 0.413 bits per heavy atom. The van der Waals surface area contributed by atoms with Crippen molar-refractivity contribution in [1.29, 1.82) is 0 Å². The average molecular weight is 915 g/mol. The number of anilines is 3. The molecule has 3 aliphatic rings. The normalized spacial score (nSPS) is 17.0. The Kier molecular flexibility index (Phi) is 28.4. The summed E-state index contributed by atoms with van der Waals surface area (Å²) in [7, 11) is 18.5. The molecule has 4 rings (SSSR count). The Labute approximate surface area is 370 Å². The maximum atomic E-state index is 12.6. The van der Waals surface area contributed by atoms with E-state index in [-0.39, 0.29) is 120 Å². The molecule has 366 valence electrons. The second kappa shape index (κ2) is 31.5. The van der Waals surface area contributed by atoms with Crippen molar-refractivity contribution < 1.29 is 76.0 Å². The number of aromatic nitrogens is 3. The van der Waals surface area contributed by atoms with Gasteiger partial charge in [-0.3, -0.25) is 44.1 Å². The van der Waals surface area contributed by atoms with E-state index in [9.17, 15) is 14.4 Å². The standard InChI is InChI=1S/C15H30N6O6.C12H22N4O6.C7H14N2O4.CH4/c1-22-7-19(8-23-2)13-16-14(20(9-24-3)10-25-4)18-15(17-13)21(11-26-5)12-27-6;1-19-5-13-9-10(15(7-21-3)11(13)17)16(8-22-4)12(18)14(9)6-20-2;1-11-3-8-5-13-6-9(4-12-2)7(8)10;/h7-12H2,1-6H3;9-10H,5-8H2,1-4H3;3-6H2,1-2H3;1H4. The molecular formula is C35H70N12O16. The molecule has 63 heavy (non-hydrogen) atoms. The smallest absolute Gasteiger partial charge is 0.327 e. The average Bonchev–Trinajstić information content (AvgIpc) is 3.67. The maximum absolute atomic E-state index is 12.6. The summed E-state index contributed by atoms with van der Waals surface area (Å²) in [6.45, 7) is 2.68. The molecule has 0 saturated carbocycles. The number of carbonyl (C=O) groups is 3. The van der Waals surface area contributed by atoms with Crippen LogP contribution in [0.4, 0.5) is 32.2 Å². The van der Waals surface area contributed by atoms with Crippen molar-refractivity contribution in [1.82, 2.24) is 44.4 Å². The molecule has 0 spiro atoms. The van der Waals surface area contributed by atoms with Gasteiger partial charge in [-0.2, -0.15) is 15.0 Å². The molecule has 6 amide bonds. The molecule has 3 saturated heterocycles. The fraction of sp³-hybridized carbons (Fsp3) is 0.829. The van der Waals surface area contributed by atoms with Crippen molar-refractivity contribution in [3.05, 3.63) is 0 Å². The van der Waals surface area contributed by atoms with Crippen LogP contribution in [0.2, 0.25) is 0 Å². The minimum atomic E-state index is -0.523. The van der Waals surface area contributed by atoms with E-state index in [2.05, 4.69) is 15.0 Å². The van der Waals surface area contributed by atoms with Gasteiger partial charge in [0.15, 0.2) is 12.3 Å². The molecular weight excluding hydrogens is 844 g/mol. The number of carbonyl (C=O) groups excluding carboxylic acids is 3. The minimum Gasteiger partial charge on any atom is -0.364 e. The number of nitrogens with zero attached hydrogens (tertiary/aromatic N) is 12. The predicted molar refractivity (Wildman–Crippen MR) is 222 cm³/mol. The first kappa shape index (κ1) is 56.7. The first-order chi connectivity index (χ1) is 30.0. The third-order valence-corrected chi connectivity index (χ3v) is 8.36. The maximum Gasteiger partial charge on any atom is 0.327 e. The van der Waals surface area contributed by atoms with E-state index < -0.39 is 12.3 Å². The monoisotopic (exact) mass is 915 g/mol. The number of rotatable bonds is 27. The largest absolute Gasteiger partial charge is 0.364 e. The van der Waals surface area contributed by atoms with Crippen LogP contribution in [0.25, 0.3) is 0 Å². The van der Waals surface area contributed by atoms with Gasteiger partial charge in [-0.05, 0) is 0 Å². The lowest BCUT2D eigenvalue weighted by Gasteiger charge is -2.34. The Morgan fingerprint density at radius 2 is 0.651 bits per heavy atom. The molecule has 0 radical (unpaired) electrons. The number of urea groups is 3. The molecule has 1 aromatic rings. The van der Waals surface area contributed by atoms with E-state index in [1.54, 1.807) is 57.4 Å². The van der Waals surface area contributed by atoms with Gasteiger partial charge in [-0.25, -0.2) is 14.4 Å². The van der Waals surface area contributed by atoms with Crippen molar-refractivity contribution in [3.8, 4) is 0 Å². The minimum absolute atomic E-state index is 0. The van der Waals surface area contributed by atoms with Gasteiger partial charge in [0.1, 0.15) is 94.2 Å². The molecule has 4 heterocycles. The van der Waals surface area contributed by atoms with Crippen LogP contribution >= 0.6 is 0 Å². The van der Waals surface area contributed by atoms with Gasteiger partial charge >= 0.3 is 18.1 Å². The lowest BCUT2D eigenvalue weighted by Crippen LogP contribution is -2.51. The van der Waals surface area contributed by atoms with Crippen LogP contribution in [-0.4, -0.2) is 254 Å². The third kappa shape index (κ3) is 16.0. The highest BCUT2D eigenvalue weighted by atomic mass is 16.6. The number of hydrogen-bond donors (Lipinski definition) is 0. The first-order valence-corrected chi connectivity index (χ1v) is 18.7. The van der Waals surface area contributed by atoms with Crippen molar-refractivity contribution in [2.24, 2.45) is 0 Å². The highest BCUT2D eigenvalue weighted by molar-refractivity contribution is 5.85. The van der Waals surface area contributed by atoms with E-state index in [4.69, 9.17) is 61.6 Å². The lowest BCUT2D eigenvalue weighted by atomic mass is 10.3. The molecule has 28 nitrogen and oxygen atoms in total. The van der Waals surface area contributed by atoms with E-state index in [0.29, 0.717) is 17.8 Å². The fourth-order valence-corrected chi connectivity index (χ4v) is 6.07. The Morgan fingerprint density at radius 3 is 0.857 bits per heavy atom. The molecule has 0 N–H and O–H groups in total. The molecule has 0 aliphatic carbocycles. The van der Waals surface area contributed by atoms with Crippen LogP contribution < -0.4 is 14.7 Å². The summed E-state index contributed by atoms with van der Waals surface area (Å²) in [5.74, 6) is 1.11. The third-order valence-electron chi connectivity index (χ3n) is 8.36. The van der Waals surface area contributed by atoms with Crippen molar-refractivity contribution in [2.45, 2.75) is 19.8 Å². The zero-order chi connectivity index (χ0) is 46.0. The van der Waals surface area contributed by atoms with Crippen molar-refractivity contribution >= 4 is 35.9 Å². The molecule has 0 atom stereocenters. The number of methoxy groups -OCH3 is 12. The second-order valence-corrected chi connectivity index (χ2v) is 13.0. The molecule has 0 bridgehead atoms. The molecule has 1 aromatic heterocycles. The SMILES string of the molecule is C.COCN(COC)c1nc(N(COC)COC)nc(N(COC)COC)n1.COCN1C(=O)N(COC)C2C1N(COC)C(=O)N2COC.COCN1COCN(COC)C1=O. The van der Waals surface area contributed by atoms with Gasteiger partial charge in [0.25, 0.3) is 0 Å². The quantitative estimate of drug-likeness (QED) is 0.105. The summed E-state index contributed by atoms with van der Waals surface area (Å²) in [5.41, 5.74) is 0. The Hall–Kier alpha value is -4.30. The predicted octanol–water partition coefficient (Wildman–Crippen LogP) is -0.0569. The summed E-state index contributed by atoms with van der Waals surface area (Å²) in [4.78, 5) is 64.1. The Bertz CT molecular complexity index is 1240. The molecule has 28 heteroatoms. The summed E-state index contributed by atoms with van der Waals surface area (Å²) < 4.78 is 66.5. The van der Waals surface area contributed by atoms with Gasteiger partial charge in [0.2, 0.25) is 17.8 Å². The fourth-order valence-electron chi connectivity index (χ4n) is 6.07. The number of ether oxygens (including phenoxy) is 13. The van der Waals surface area contributed by atoms with Crippen LogP contribution in [0.5, 0.6) is 0 Å². The highest BCUT2D eigenvalue weighted by Crippen LogP contribution is 2.34. The van der Waals surface area contributed by atoms with E-state index >= 15 is 0 Å². The van der Waals surface area contributed by atoms with E-state index in [0.717, 1.165) is 0 Å². The van der Waals surface area contributed by atoms with Gasteiger partial charge in [-0.15, -0.1) is 0 Å². The van der Waals surface area contributed by atoms with Crippen LogP contribution in [0.1, 0.15) is 7.43 Å². The summed E-state index contributed by atoms with van der Waals surface area (Å²) in [6.07, 6.45) is -1.05. The number of amides is 6. The molecule has 0 unspecified atom stereocenters. The molecule has 3 fully saturated rings. The zero-order valence-electron chi connectivity index (χ0n) is 38.0. The zero-order valence-corrected chi connectivity index (χ0v) is 38.0. The second-order valence-electron chi connectivity index (χ2n) is 13.0. The Balaban J connectivity index is 0.000000495.